The molecular weight excluding hydrogens is 262 g/mol. The van der Waals surface area contributed by atoms with Crippen molar-refractivity contribution >= 4 is 11.6 Å². The summed E-state index contributed by atoms with van der Waals surface area (Å²) in [6.07, 6.45) is 1.67. The maximum atomic E-state index is 12.1. The molecule has 1 aromatic rings. The number of rotatable bonds is 4. The van der Waals surface area contributed by atoms with Gasteiger partial charge >= 0.3 is 0 Å². The van der Waals surface area contributed by atoms with E-state index in [-0.39, 0.29) is 5.91 Å². The number of nitriles is 1. The third kappa shape index (κ3) is 4.87. The number of likely N-dealkylation sites (tertiary alicyclic amines) is 1. The van der Waals surface area contributed by atoms with E-state index in [2.05, 4.69) is 25.2 Å². The molecule has 1 unspecified atom stereocenters. The van der Waals surface area contributed by atoms with Crippen molar-refractivity contribution in [2.45, 2.75) is 26.7 Å². The van der Waals surface area contributed by atoms with Crippen LogP contribution in [-0.4, -0.2) is 25.5 Å². The molecule has 4 nitrogen and oxygen atoms in total. The Morgan fingerprint density at radius 3 is 2.48 bits per heavy atom. The molecule has 0 radical (unpaired) electrons. The summed E-state index contributed by atoms with van der Waals surface area (Å²) >= 11 is 0. The van der Waals surface area contributed by atoms with E-state index in [1.54, 1.807) is 0 Å². The highest BCUT2D eigenvalue weighted by Gasteiger charge is 2.26. The summed E-state index contributed by atoms with van der Waals surface area (Å²) in [6, 6.07) is 9.61. The van der Waals surface area contributed by atoms with Crippen LogP contribution in [0.4, 0.5) is 5.69 Å². The SMILES string of the molecule is C[C@@H]1C[C@H](C)C[NH+](CC(=O)Nc2ccc(CC#N)cc2)C1. The van der Waals surface area contributed by atoms with Gasteiger partial charge in [-0.15, -0.1) is 0 Å². The fourth-order valence-electron chi connectivity index (χ4n) is 3.30. The van der Waals surface area contributed by atoms with Crippen LogP contribution in [0, 0.1) is 23.2 Å². The van der Waals surface area contributed by atoms with Gasteiger partial charge in [0.05, 0.1) is 25.6 Å². The van der Waals surface area contributed by atoms with E-state index < -0.39 is 0 Å². The Labute approximate surface area is 126 Å². The van der Waals surface area contributed by atoms with E-state index in [1.165, 1.54) is 11.3 Å². The summed E-state index contributed by atoms with van der Waals surface area (Å²) in [6.45, 7) is 7.23. The van der Waals surface area contributed by atoms with E-state index in [0.717, 1.165) is 24.3 Å². The fourth-order valence-corrected chi connectivity index (χ4v) is 3.30. The Kier molecular flexibility index (Phi) is 5.35. The highest BCUT2D eigenvalue weighted by atomic mass is 16.2. The van der Waals surface area contributed by atoms with E-state index in [4.69, 9.17) is 5.26 Å². The fraction of sp³-hybridized carbons (Fsp3) is 0.529. The number of carbonyl (C=O) groups excluding carboxylic acids is 1. The lowest BCUT2D eigenvalue weighted by atomic mass is 9.92. The van der Waals surface area contributed by atoms with Crippen molar-refractivity contribution in [1.29, 1.82) is 5.26 Å². The second-order valence-corrected chi connectivity index (χ2v) is 6.36. The van der Waals surface area contributed by atoms with Gasteiger partial charge in [-0.2, -0.15) is 5.26 Å². The minimum atomic E-state index is 0.0688. The number of hydrogen-bond donors (Lipinski definition) is 2. The van der Waals surface area contributed by atoms with Gasteiger partial charge in [-0.25, -0.2) is 0 Å². The molecular formula is C17H24N3O+. The largest absolute Gasteiger partial charge is 0.327 e. The Bertz CT molecular complexity index is 508. The summed E-state index contributed by atoms with van der Waals surface area (Å²) in [7, 11) is 0. The molecule has 2 N–H and O–H groups in total. The van der Waals surface area contributed by atoms with Gasteiger partial charge < -0.3 is 10.2 Å². The van der Waals surface area contributed by atoms with E-state index in [0.29, 0.717) is 24.8 Å². The minimum absolute atomic E-state index is 0.0688. The average Bonchev–Trinajstić information content (AvgIpc) is 2.40. The molecule has 112 valence electrons. The first-order valence-electron chi connectivity index (χ1n) is 7.66. The Morgan fingerprint density at radius 1 is 1.29 bits per heavy atom. The summed E-state index contributed by atoms with van der Waals surface area (Å²) in [4.78, 5) is 13.5. The van der Waals surface area contributed by atoms with E-state index in [1.807, 2.05) is 24.3 Å². The van der Waals surface area contributed by atoms with Gasteiger partial charge in [0.1, 0.15) is 0 Å². The molecule has 0 aromatic heterocycles. The maximum Gasteiger partial charge on any atom is 0.279 e. The second-order valence-electron chi connectivity index (χ2n) is 6.36. The van der Waals surface area contributed by atoms with Gasteiger partial charge in [-0.3, -0.25) is 4.79 Å². The predicted molar refractivity (Wildman–Crippen MR) is 82.9 cm³/mol. The smallest absolute Gasteiger partial charge is 0.279 e. The number of benzene rings is 1. The number of quaternary nitrogens is 1. The Balaban J connectivity index is 1.85. The zero-order chi connectivity index (χ0) is 15.2. The molecule has 4 heteroatoms. The van der Waals surface area contributed by atoms with Crippen molar-refractivity contribution < 1.29 is 9.69 Å². The number of nitrogens with zero attached hydrogens (tertiary/aromatic N) is 1. The van der Waals surface area contributed by atoms with Crippen LogP contribution in [0.15, 0.2) is 24.3 Å². The first kappa shape index (κ1) is 15.5. The number of piperidine rings is 1. The summed E-state index contributed by atoms with van der Waals surface area (Å²) in [5.74, 6) is 1.46. The quantitative estimate of drug-likeness (QED) is 0.875. The molecule has 1 amide bonds. The summed E-state index contributed by atoms with van der Waals surface area (Å²) < 4.78 is 0. The molecule has 1 saturated heterocycles. The molecule has 1 fully saturated rings. The van der Waals surface area contributed by atoms with Crippen LogP contribution in [0.3, 0.4) is 0 Å². The average molecular weight is 286 g/mol. The van der Waals surface area contributed by atoms with E-state index >= 15 is 0 Å². The molecule has 21 heavy (non-hydrogen) atoms. The monoisotopic (exact) mass is 286 g/mol. The van der Waals surface area contributed by atoms with Crippen LogP contribution in [-0.2, 0) is 11.2 Å². The first-order valence-corrected chi connectivity index (χ1v) is 7.66. The normalized spacial score (nSPS) is 25.1. The van der Waals surface area contributed by atoms with Gasteiger partial charge in [0.25, 0.3) is 5.91 Å². The third-order valence-electron chi connectivity index (χ3n) is 4.01. The Morgan fingerprint density at radius 2 is 1.90 bits per heavy atom. The minimum Gasteiger partial charge on any atom is -0.327 e. The van der Waals surface area contributed by atoms with Crippen LogP contribution < -0.4 is 10.2 Å². The lowest BCUT2D eigenvalue weighted by molar-refractivity contribution is -0.904. The highest BCUT2D eigenvalue weighted by molar-refractivity contribution is 5.91. The van der Waals surface area contributed by atoms with E-state index in [9.17, 15) is 4.79 Å². The number of carbonyl (C=O) groups is 1. The molecule has 1 aliphatic heterocycles. The zero-order valence-corrected chi connectivity index (χ0v) is 12.9. The van der Waals surface area contributed by atoms with Gasteiger partial charge in [0.2, 0.25) is 0 Å². The summed E-state index contributed by atoms with van der Waals surface area (Å²) in [5, 5.41) is 11.6. The third-order valence-corrected chi connectivity index (χ3v) is 4.01. The van der Waals surface area contributed by atoms with Crippen LogP contribution >= 0.6 is 0 Å². The zero-order valence-electron chi connectivity index (χ0n) is 12.9. The number of amides is 1. The topological polar surface area (TPSA) is 57.3 Å². The molecule has 0 saturated carbocycles. The lowest BCUT2D eigenvalue weighted by Crippen LogP contribution is -3.15. The van der Waals surface area contributed by atoms with Crippen molar-refractivity contribution in [3.05, 3.63) is 29.8 Å². The number of hydrogen-bond acceptors (Lipinski definition) is 2. The van der Waals surface area contributed by atoms with Crippen LogP contribution in [0.5, 0.6) is 0 Å². The molecule has 3 atom stereocenters. The molecule has 0 bridgehead atoms. The molecule has 1 heterocycles. The molecule has 1 aliphatic rings. The Hall–Kier alpha value is -1.86. The molecule has 0 spiro atoms. The van der Waals surface area contributed by atoms with Crippen molar-refractivity contribution in [2.24, 2.45) is 11.8 Å². The summed E-state index contributed by atoms with van der Waals surface area (Å²) in [5.41, 5.74) is 1.78. The van der Waals surface area contributed by atoms with Gasteiger partial charge in [0, 0.05) is 17.5 Å². The second kappa shape index (κ2) is 7.24. The van der Waals surface area contributed by atoms with Crippen LogP contribution in [0.25, 0.3) is 0 Å². The van der Waals surface area contributed by atoms with Crippen molar-refractivity contribution in [3.8, 4) is 6.07 Å². The molecule has 0 aliphatic carbocycles. The number of nitrogens with one attached hydrogen (secondary N) is 2. The standard InChI is InChI=1S/C17H23N3O/c1-13-9-14(2)11-20(10-13)12-17(21)19-16-5-3-15(4-6-16)7-8-18/h3-6,13-14H,7,9-12H2,1-2H3,(H,19,21)/p+1/t13-,14+. The highest BCUT2D eigenvalue weighted by Crippen LogP contribution is 2.12. The van der Waals surface area contributed by atoms with Crippen molar-refractivity contribution in [1.82, 2.24) is 0 Å². The number of anilines is 1. The predicted octanol–water partition coefficient (Wildman–Crippen LogP) is 1.25. The molecule has 1 aromatic carbocycles. The van der Waals surface area contributed by atoms with Crippen LogP contribution in [0.1, 0.15) is 25.8 Å². The van der Waals surface area contributed by atoms with Gasteiger partial charge in [-0.1, -0.05) is 26.0 Å². The van der Waals surface area contributed by atoms with Gasteiger partial charge in [0.15, 0.2) is 6.54 Å². The van der Waals surface area contributed by atoms with Crippen molar-refractivity contribution in [3.63, 3.8) is 0 Å². The van der Waals surface area contributed by atoms with Gasteiger partial charge in [-0.05, 0) is 24.1 Å². The van der Waals surface area contributed by atoms with Crippen LogP contribution in [0.2, 0.25) is 0 Å². The maximum absolute atomic E-state index is 12.1. The first-order chi connectivity index (χ1) is 10.1. The van der Waals surface area contributed by atoms with Crippen molar-refractivity contribution in [2.75, 3.05) is 25.0 Å². The molecule has 2 rings (SSSR count). The lowest BCUT2D eigenvalue weighted by Gasteiger charge is -2.31.